The van der Waals surface area contributed by atoms with E-state index in [1.165, 1.54) is 11.3 Å². The maximum atomic E-state index is 10.8. The number of nitrogen functional groups attached to an aromatic ring is 2. The SMILES string of the molecule is Nc1c(C(=O)O)cc2ccsc2c1N. The van der Waals surface area contributed by atoms with Crippen LogP contribution in [0, 0.1) is 0 Å². The van der Waals surface area contributed by atoms with Gasteiger partial charge in [0.1, 0.15) is 0 Å². The second-order valence-electron chi connectivity index (χ2n) is 2.90. The molecule has 5 heteroatoms. The maximum Gasteiger partial charge on any atom is 0.337 e. The number of carbonyl (C=O) groups is 1. The molecule has 1 heterocycles. The van der Waals surface area contributed by atoms with E-state index in [0.717, 1.165) is 10.1 Å². The Hall–Kier alpha value is -1.75. The van der Waals surface area contributed by atoms with Crippen molar-refractivity contribution in [3.05, 3.63) is 23.1 Å². The van der Waals surface area contributed by atoms with Crippen LogP contribution in [-0.2, 0) is 0 Å². The molecule has 0 bridgehead atoms. The smallest absolute Gasteiger partial charge is 0.337 e. The number of nitrogens with two attached hydrogens (primary N) is 2. The quantitative estimate of drug-likeness (QED) is 0.623. The highest BCUT2D eigenvalue weighted by molar-refractivity contribution is 7.17. The first kappa shape index (κ1) is 8.83. The van der Waals surface area contributed by atoms with Crippen molar-refractivity contribution < 1.29 is 9.90 Å². The van der Waals surface area contributed by atoms with Crippen molar-refractivity contribution in [1.82, 2.24) is 0 Å². The Kier molecular flexibility index (Phi) is 1.82. The molecule has 1 aromatic heterocycles. The molecular formula is C9H8N2O2S. The molecule has 72 valence electrons. The number of fused-ring (bicyclic) bond motifs is 1. The molecule has 1 aromatic carbocycles. The van der Waals surface area contributed by atoms with Gasteiger partial charge in [-0.15, -0.1) is 11.3 Å². The topological polar surface area (TPSA) is 89.3 Å². The van der Waals surface area contributed by atoms with Crippen molar-refractivity contribution in [3.63, 3.8) is 0 Å². The monoisotopic (exact) mass is 208 g/mol. The number of rotatable bonds is 1. The molecule has 0 atom stereocenters. The molecule has 0 unspecified atom stereocenters. The van der Waals surface area contributed by atoms with Gasteiger partial charge >= 0.3 is 5.97 Å². The van der Waals surface area contributed by atoms with Gasteiger partial charge in [-0.1, -0.05) is 0 Å². The highest BCUT2D eigenvalue weighted by Crippen LogP contribution is 2.33. The van der Waals surface area contributed by atoms with E-state index in [1.807, 2.05) is 11.4 Å². The number of benzene rings is 1. The van der Waals surface area contributed by atoms with E-state index in [1.54, 1.807) is 6.07 Å². The molecule has 14 heavy (non-hydrogen) atoms. The number of carboxylic acid groups (broad SMARTS) is 1. The van der Waals surface area contributed by atoms with E-state index in [0.29, 0.717) is 5.69 Å². The molecule has 0 amide bonds. The van der Waals surface area contributed by atoms with Crippen LogP contribution in [-0.4, -0.2) is 11.1 Å². The third kappa shape index (κ3) is 1.10. The van der Waals surface area contributed by atoms with Crippen molar-refractivity contribution in [2.75, 3.05) is 11.5 Å². The molecule has 0 spiro atoms. The molecular weight excluding hydrogens is 200 g/mol. The Labute approximate surface area is 83.8 Å². The zero-order chi connectivity index (χ0) is 10.3. The van der Waals surface area contributed by atoms with E-state index in [9.17, 15) is 4.79 Å². The van der Waals surface area contributed by atoms with Crippen LogP contribution in [0.2, 0.25) is 0 Å². The largest absolute Gasteiger partial charge is 0.478 e. The van der Waals surface area contributed by atoms with Gasteiger partial charge in [0.05, 0.1) is 21.6 Å². The molecule has 2 aromatic rings. The second kappa shape index (κ2) is 2.88. The molecule has 0 aliphatic rings. The number of aromatic carboxylic acids is 1. The first-order chi connectivity index (χ1) is 6.61. The van der Waals surface area contributed by atoms with Crippen molar-refractivity contribution in [2.45, 2.75) is 0 Å². The summed E-state index contributed by atoms with van der Waals surface area (Å²) in [6, 6.07) is 3.36. The molecule has 0 saturated heterocycles. The highest BCUT2D eigenvalue weighted by Gasteiger charge is 2.14. The first-order valence-electron chi connectivity index (χ1n) is 3.89. The zero-order valence-corrected chi connectivity index (χ0v) is 7.97. The van der Waals surface area contributed by atoms with E-state index >= 15 is 0 Å². The van der Waals surface area contributed by atoms with Crippen molar-refractivity contribution in [1.29, 1.82) is 0 Å². The molecule has 5 N–H and O–H groups in total. The lowest BCUT2D eigenvalue weighted by molar-refractivity contribution is 0.0698. The Morgan fingerprint density at radius 1 is 1.36 bits per heavy atom. The predicted octanol–water partition coefficient (Wildman–Crippen LogP) is 1.76. The van der Waals surface area contributed by atoms with Crippen LogP contribution in [0.15, 0.2) is 17.5 Å². The van der Waals surface area contributed by atoms with Crippen LogP contribution in [0.1, 0.15) is 10.4 Å². The van der Waals surface area contributed by atoms with Gasteiger partial charge in [0.25, 0.3) is 0 Å². The lowest BCUT2D eigenvalue weighted by Crippen LogP contribution is -2.05. The molecule has 0 radical (unpaired) electrons. The minimum atomic E-state index is -1.05. The standard InChI is InChI=1S/C9H8N2O2S/c10-6-5(9(12)13)3-4-1-2-14-8(4)7(6)11/h1-3H,10-11H2,(H,12,13). The molecule has 0 fully saturated rings. The van der Waals surface area contributed by atoms with Crippen LogP contribution < -0.4 is 11.5 Å². The summed E-state index contributed by atoms with van der Waals surface area (Å²) in [6.45, 7) is 0. The predicted molar refractivity (Wildman–Crippen MR) is 57.6 cm³/mol. The fraction of sp³-hybridized carbons (Fsp3) is 0. The number of hydrogen-bond donors (Lipinski definition) is 3. The van der Waals surface area contributed by atoms with Gasteiger partial charge in [0, 0.05) is 0 Å². The highest BCUT2D eigenvalue weighted by atomic mass is 32.1. The van der Waals surface area contributed by atoms with Crippen molar-refractivity contribution in [2.24, 2.45) is 0 Å². The van der Waals surface area contributed by atoms with E-state index in [2.05, 4.69) is 0 Å². The Bertz CT molecular complexity index is 519. The fourth-order valence-corrected chi connectivity index (χ4v) is 2.18. The molecule has 0 aliphatic carbocycles. The van der Waals surface area contributed by atoms with E-state index in [-0.39, 0.29) is 11.3 Å². The lowest BCUT2D eigenvalue weighted by Gasteiger charge is -2.05. The van der Waals surface area contributed by atoms with Gasteiger partial charge in [0.15, 0.2) is 0 Å². The van der Waals surface area contributed by atoms with Crippen LogP contribution in [0.3, 0.4) is 0 Å². The summed E-state index contributed by atoms with van der Waals surface area (Å²) in [5.41, 5.74) is 11.9. The summed E-state index contributed by atoms with van der Waals surface area (Å²) in [4.78, 5) is 10.8. The first-order valence-corrected chi connectivity index (χ1v) is 4.77. The van der Waals surface area contributed by atoms with E-state index in [4.69, 9.17) is 16.6 Å². The molecule has 2 rings (SSSR count). The average molecular weight is 208 g/mol. The Morgan fingerprint density at radius 2 is 2.07 bits per heavy atom. The summed E-state index contributed by atoms with van der Waals surface area (Å²) >= 11 is 1.45. The van der Waals surface area contributed by atoms with Gasteiger partial charge in [-0.3, -0.25) is 0 Å². The summed E-state index contributed by atoms with van der Waals surface area (Å²) in [7, 11) is 0. The summed E-state index contributed by atoms with van der Waals surface area (Å²) in [6.07, 6.45) is 0. The van der Waals surface area contributed by atoms with Crippen LogP contribution >= 0.6 is 11.3 Å². The number of carboxylic acids is 1. The summed E-state index contributed by atoms with van der Waals surface area (Å²) in [5, 5.41) is 11.5. The summed E-state index contributed by atoms with van der Waals surface area (Å²) < 4.78 is 0.840. The van der Waals surface area contributed by atoms with Crippen LogP contribution in [0.4, 0.5) is 11.4 Å². The minimum absolute atomic E-state index is 0.0633. The van der Waals surface area contributed by atoms with Crippen LogP contribution in [0.5, 0.6) is 0 Å². The number of anilines is 2. The third-order valence-corrected chi connectivity index (χ3v) is 3.01. The number of hydrogen-bond acceptors (Lipinski definition) is 4. The van der Waals surface area contributed by atoms with E-state index < -0.39 is 5.97 Å². The number of thiophene rings is 1. The minimum Gasteiger partial charge on any atom is -0.478 e. The fourth-order valence-electron chi connectivity index (χ4n) is 1.33. The molecule has 4 nitrogen and oxygen atoms in total. The zero-order valence-electron chi connectivity index (χ0n) is 7.15. The molecule has 0 saturated carbocycles. The van der Waals surface area contributed by atoms with Crippen molar-refractivity contribution >= 4 is 38.8 Å². The lowest BCUT2D eigenvalue weighted by atomic mass is 10.1. The van der Waals surface area contributed by atoms with Gasteiger partial charge < -0.3 is 16.6 Å². The second-order valence-corrected chi connectivity index (χ2v) is 3.81. The normalized spacial score (nSPS) is 10.6. The van der Waals surface area contributed by atoms with Gasteiger partial charge in [-0.05, 0) is 22.9 Å². The molecule has 0 aliphatic heterocycles. The Morgan fingerprint density at radius 3 is 2.71 bits per heavy atom. The maximum absolute atomic E-state index is 10.8. The average Bonchev–Trinajstić information content (AvgIpc) is 2.58. The Balaban J connectivity index is 2.87. The summed E-state index contributed by atoms with van der Waals surface area (Å²) in [5.74, 6) is -1.05. The van der Waals surface area contributed by atoms with Crippen LogP contribution in [0.25, 0.3) is 10.1 Å². The van der Waals surface area contributed by atoms with Gasteiger partial charge in [-0.25, -0.2) is 4.79 Å². The third-order valence-electron chi connectivity index (χ3n) is 2.05. The van der Waals surface area contributed by atoms with Gasteiger partial charge in [0.2, 0.25) is 0 Å². The van der Waals surface area contributed by atoms with Gasteiger partial charge in [-0.2, -0.15) is 0 Å². The van der Waals surface area contributed by atoms with Crippen molar-refractivity contribution in [3.8, 4) is 0 Å².